The summed E-state index contributed by atoms with van der Waals surface area (Å²) >= 11 is 1.47. The molecule has 5 heteroatoms. The molecule has 0 fully saturated rings. The number of rotatable bonds is 2. The first-order chi connectivity index (χ1) is 7.56. The molecule has 0 radical (unpaired) electrons. The van der Waals surface area contributed by atoms with Crippen LogP contribution in [0.15, 0.2) is 23.3 Å². The highest BCUT2D eigenvalue weighted by Crippen LogP contribution is 2.43. The number of carbonyl (C=O) groups excluding carboxylic acids is 1. The first-order valence-electron chi connectivity index (χ1n) is 4.85. The van der Waals surface area contributed by atoms with E-state index in [1.54, 1.807) is 19.4 Å². The molecule has 1 unspecified atom stereocenters. The Bertz CT molecular complexity index is 473. The fourth-order valence-corrected chi connectivity index (χ4v) is 2.71. The van der Waals surface area contributed by atoms with Crippen molar-refractivity contribution in [2.75, 3.05) is 7.11 Å². The monoisotopic (exact) mass is 236 g/mol. The van der Waals surface area contributed by atoms with Crippen LogP contribution in [-0.2, 0) is 9.54 Å². The summed E-state index contributed by atoms with van der Waals surface area (Å²) in [5, 5.41) is 0.795. The summed E-state index contributed by atoms with van der Waals surface area (Å²) in [4.78, 5) is 19.8. The van der Waals surface area contributed by atoms with Crippen molar-refractivity contribution in [1.82, 2.24) is 4.98 Å². The van der Waals surface area contributed by atoms with Gasteiger partial charge in [-0.3, -0.25) is 4.79 Å². The van der Waals surface area contributed by atoms with Gasteiger partial charge in [-0.15, -0.1) is 0 Å². The average Bonchev–Trinajstić information content (AvgIpc) is 2.54. The lowest BCUT2D eigenvalue weighted by molar-refractivity contribution is -0.119. The molecular formula is C11H12N2O2S. The van der Waals surface area contributed by atoms with Crippen LogP contribution in [0.5, 0.6) is 5.88 Å². The van der Waals surface area contributed by atoms with Gasteiger partial charge in [-0.1, -0.05) is 11.8 Å². The zero-order chi connectivity index (χ0) is 11.8. The first kappa shape index (κ1) is 11.1. The van der Waals surface area contributed by atoms with E-state index in [1.165, 1.54) is 11.8 Å². The lowest BCUT2D eigenvalue weighted by atomic mass is 10.0. The topological polar surface area (TPSA) is 51.5 Å². The van der Waals surface area contributed by atoms with Crippen molar-refractivity contribution >= 4 is 22.7 Å². The maximum Gasteiger partial charge on any atom is 0.267 e. The molecule has 0 N–H and O–H groups in total. The highest BCUT2D eigenvalue weighted by molar-refractivity contribution is 8.15. The Kier molecular flexibility index (Phi) is 2.71. The van der Waals surface area contributed by atoms with Crippen molar-refractivity contribution in [3.05, 3.63) is 23.9 Å². The molecule has 0 aromatic carbocycles. The highest BCUT2D eigenvalue weighted by atomic mass is 32.2. The summed E-state index contributed by atoms with van der Waals surface area (Å²) in [5.74, 6) is 0.389. The molecule has 84 valence electrons. The third-order valence-electron chi connectivity index (χ3n) is 2.51. The van der Waals surface area contributed by atoms with Crippen LogP contribution in [0.25, 0.3) is 0 Å². The smallest absolute Gasteiger partial charge is 0.267 e. The zero-order valence-corrected chi connectivity index (χ0v) is 10.2. The number of nitrogens with zero attached hydrogens (tertiary/aromatic N) is 2. The fourth-order valence-electron chi connectivity index (χ4n) is 1.61. The Hall–Kier alpha value is -1.36. The lowest BCUT2D eigenvalue weighted by Crippen LogP contribution is -2.24. The molecule has 4 nitrogen and oxygen atoms in total. The predicted molar refractivity (Wildman–Crippen MR) is 63.8 cm³/mol. The van der Waals surface area contributed by atoms with Crippen LogP contribution in [0.3, 0.4) is 0 Å². The minimum Gasteiger partial charge on any atom is -0.481 e. The maximum absolute atomic E-state index is 11.8. The minimum atomic E-state index is -0.639. The molecule has 0 bridgehead atoms. The average molecular weight is 236 g/mol. The van der Waals surface area contributed by atoms with E-state index in [0.717, 1.165) is 10.6 Å². The number of hydrogen-bond acceptors (Lipinski definition) is 4. The number of pyridine rings is 1. The number of amides is 1. The van der Waals surface area contributed by atoms with Crippen LogP contribution >= 0.6 is 11.8 Å². The minimum absolute atomic E-state index is 0.122. The van der Waals surface area contributed by atoms with Crippen LogP contribution in [0, 0.1) is 0 Å². The third kappa shape index (κ3) is 1.71. The Morgan fingerprint density at radius 1 is 1.50 bits per heavy atom. The van der Waals surface area contributed by atoms with E-state index < -0.39 is 4.75 Å². The standard InChI is InChI=1S/C11H12N2O2S/c1-7-13-10(14)11(2,16-7)8-4-5-12-9(6-8)15-3/h4-6H,1-3H3. The molecule has 1 amide bonds. The number of methoxy groups -OCH3 is 1. The summed E-state index contributed by atoms with van der Waals surface area (Å²) in [7, 11) is 1.56. The Labute approximate surface area is 98.1 Å². The van der Waals surface area contributed by atoms with Gasteiger partial charge in [0.15, 0.2) is 0 Å². The predicted octanol–water partition coefficient (Wildman–Crippen LogP) is 2.00. The summed E-state index contributed by atoms with van der Waals surface area (Å²) in [6, 6.07) is 3.60. The maximum atomic E-state index is 11.8. The summed E-state index contributed by atoms with van der Waals surface area (Å²) in [5.41, 5.74) is 0.870. The van der Waals surface area contributed by atoms with E-state index >= 15 is 0 Å². The van der Waals surface area contributed by atoms with E-state index in [0.29, 0.717) is 5.88 Å². The Morgan fingerprint density at radius 2 is 2.25 bits per heavy atom. The number of ether oxygens (including phenoxy) is 1. The largest absolute Gasteiger partial charge is 0.481 e. The molecular weight excluding hydrogens is 224 g/mol. The summed E-state index contributed by atoms with van der Waals surface area (Å²) in [6.45, 7) is 3.71. The van der Waals surface area contributed by atoms with Crippen molar-refractivity contribution in [2.45, 2.75) is 18.6 Å². The lowest BCUT2D eigenvalue weighted by Gasteiger charge is -2.20. The van der Waals surface area contributed by atoms with E-state index in [4.69, 9.17) is 4.74 Å². The van der Waals surface area contributed by atoms with Crippen molar-refractivity contribution in [3.8, 4) is 5.88 Å². The van der Waals surface area contributed by atoms with Crippen LogP contribution in [0.4, 0.5) is 0 Å². The van der Waals surface area contributed by atoms with E-state index in [1.807, 2.05) is 19.9 Å². The van der Waals surface area contributed by atoms with Crippen molar-refractivity contribution in [3.63, 3.8) is 0 Å². The normalized spacial score (nSPS) is 24.4. The SMILES string of the molecule is COc1cc(C2(C)SC(C)=NC2=O)ccn1. The van der Waals surface area contributed by atoms with Crippen molar-refractivity contribution in [2.24, 2.45) is 4.99 Å². The van der Waals surface area contributed by atoms with Gasteiger partial charge in [-0.2, -0.15) is 0 Å². The second kappa shape index (κ2) is 3.90. The quantitative estimate of drug-likeness (QED) is 0.788. The molecule has 1 aliphatic rings. The molecule has 2 rings (SSSR count). The number of thioether (sulfide) groups is 1. The Morgan fingerprint density at radius 3 is 2.81 bits per heavy atom. The van der Waals surface area contributed by atoms with Crippen LogP contribution in [0.1, 0.15) is 19.4 Å². The van der Waals surface area contributed by atoms with Gasteiger partial charge in [0.2, 0.25) is 5.88 Å². The number of aromatic nitrogens is 1. The van der Waals surface area contributed by atoms with Gasteiger partial charge in [0.1, 0.15) is 4.75 Å². The molecule has 1 aromatic heterocycles. The van der Waals surface area contributed by atoms with Crippen LogP contribution < -0.4 is 4.74 Å². The van der Waals surface area contributed by atoms with Crippen molar-refractivity contribution < 1.29 is 9.53 Å². The van der Waals surface area contributed by atoms with E-state index in [9.17, 15) is 4.79 Å². The van der Waals surface area contributed by atoms with Gasteiger partial charge < -0.3 is 4.74 Å². The third-order valence-corrected chi connectivity index (χ3v) is 3.72. The molecule has 2 heterocycles. The molecule has 0 saturated heterocycles. The molecule has 0 saturated carbocycles. The van der Waals surface area contributed by atoms with Gasteiger partial charge in [0, 0.05) is 12.3 Å². The highest BCUT2D eigenvalue weighted by Gasteiger charge is 2.41. The van der Waals surface area contributed by atoms with Crippen molar-refractivity contribution in [1.29, 1.82) is 0 Å². The van der Waals surface area contributed by atoms with Crippen LogP contribution in [-0.4, -0.2) is 23.0 Å². The molecule has 16 heavy (non-hydrogen) atoms. The zero-order valence-electron chi connectivity index (χ0n) is 9.35. The number of hydrogen-bond donors (Lipinski definition) is 0. The Balaban J connectivity index is 2.41. The molecule has 1 aromatic rings. The fraction of sp³-hybridized carbons (Fsp3) is 0.364. The molecule has 0 spiro atoms. The van der Waals surface area contributed by atoms with Gasteiger partial charge in [0.05, 0.1) is 12.2 Å². The second-order valence-electron chi connectivity index (χ2n) is 3.66. The van der Waals surface area contributed by atoms with Gasteiger partial charge in [0.25, 0.3) is 5.91 Å². The van der Waals surface area contributed by atoms with E-state index in [2.05, 4.69) is 9.98 Å². The van der Waals surface area contributed by atoms with Gasteiger partial charge >= 0.3 is 0 Å². The molecule has 1 atom stereocenters. The van der Waals surface area contributed by atoms with Gasteiger partial charge in [-0.05, 0) is 25.5 Å². The van der Waals surface area contributed by atoms with Crippen LogP contribution in [0.2, 0.25) is 0 Å². The van der Waals surface area contributed by atoms with E-state index in [-0.39, 0.29) is 5.91 Å². The van der Waals surface area contributed by atoms with Gasteiger partial charge in [-0.25, -0.2) is 9.98 Å². The first-order valence-corrected chi connectivity index (χ1v) is 5.67. The summed E-state index contributed by atoms with van der Waals surface area (Å²) in [6.07, 6.45) is 1.64. The molecule has 0 aliphatic carbocycles. The number of aliphatic imine (C=N–C) groups is 1. The number of carbonyl (C=O) groups is 1. The molecule has 1 aliphatic heterocycles. The second-order valence-corrected chi connectivity index (χ2v) is 5.27. The summed E-state index contributed by atoms with van der Waals surface area (Å²) < 4.78 is 4.41.